The first kappa shape index (κ1) is 24.1. The molecule has 4 saturated carbocycles. The molecule has 4 aliphatic rings. The van der Waals surface area contributed by atoms with Gasteiger partial charge < -0.3 is 5.73 Å². The lowest BCUT2D eigenvalue weighted by atomic mass is 9.41. The van der Waals surface area contributed by atoms with E-state index in [1.54, 1.807) is 0 Å². The highest BCUT2D eigenvalue weighted by molar-refractivity contribution is 5.16. The molecule has 0 aliphatic heterocycles. The van der Waals surface area contributed by atoms with Gasteiger partial charge in [-0.15, -0.1) is 0 Å². The second kappa shape index (κ2) is 8.96. The Hall–Kier alpha value is -0.0400. The van der Waals surface area contributed by atoms with Gasteiger partial charge in [-0.1, -0.05) is 73.6 Å². The summed E-state index contributed by atoms with van der Waals surface area (Å²) in [6.45, 7) is 15.1. The Labute approximate surface area is 195 Å². The van der Waals surface area contributed by atoms with Gasteiger partial charge in [0, 0.05) is 5.54 Å². The van der Waals surface area contributed by atoms with E-state index in [0.717, 1.165) is 41.4 Å². The van der Waals surface area contributed by atoms with Crippen molar-refractivity contribution in [2.45, 2.75) is 137 Å². The van der Waals surface area contributed by atoms with Crippen molar-refractivity contribution in [3.8, 4) is 0 Å². The quantitative estimate of drug-likeness (QED) is 0.430. The lowest BCUT2D eigenvalue weighted by Crippen LogP contribution is -2.66. The second-order valence-corrected chi connectivity index (χ2v) is 13.9. The van der Waals surface area contributed by atoms with Crippen LogP contribution in [0.5, 0.6) is 0 Å². The van der Waals surface area contributed by atoms with Crippen LogP contribution >= 0.6 is 0 Å². The van der Waals surface area contributed by atoms with Crippen LogP contribution in [0, 0.1) is 52.3 Å². The highest BCUT2D eigenvalue weighted by Gasteiger charge is 2.63. The third-order valence-corrected chi connectivity index (χ3v) is 11.9. The van der Waals surface area contributed by atoms with Crippen LogP contribution in [0.2, 0.25) is 0 Å². The Kier molecular flexibility index (Phi) is 6.96. The van der Waals surface area contributed by atoms with Gasteiger partial charge >= 0.3 is 0 Å². The molecule has 31 heavy (non-hydrogen) atoms. The van der Waals surface area contributed by atoms with Gasteiger partial charge in [0.25, 0.3) is 0 Å². The largest absolute Gasteiger partial charge is 0.325 e. The molecule has 9 atom stereocenters. The van der Waals surface area contributed by atoms with E-state index in [1.807, 2.05) is 0 Å². The lowest BCUT2D eigenvalue weighted by molar-refractivity contribution is -0.132. The van der Waals surface area contributed by atoms with E-state index < -0.39 is 0 Å². The second-order valence-electron chi connectivity index (χ2n) is 13.9. The van der Waals surface area contributed by atoms with Crippen LogP contribution in [0.4, 0.5) is 0 Å². The number of hydrogen-bond donors (Lipinski definition) is 1. The predicted molar refractivity (Wildman–Crippen MR) is 135 cm³/mol. The summed E-state index contributed by atoms with van der Waals surface area (Å²) < 4.78 is 0. The maximum atomic E-state index is 7.35. The van der Waals surface area contributed by atoms with Crippen molar-refractivity contribution in [2.75, 3.05) is 0 Å². The monoisotopic (exact) mass is 429 g/mol. The Morgan fingerprint density at radius 3 is 2.35 bits per heavy atom. The third-order valence-electron chi connectivity index (χ3n) is 11.9. The predicted octanol–water partition coefficient (Wildman–Crippen LogP) is 8.61. The smallest absolute Gasteiger partial charge is 0.0214 e. The molecule has 0 aromatic rings. The van der Waals surface area contributed by atoms with Crippen LogP contribution in [-0.2, 0) is 0 Å². The third kappa shape index (κ3) is 4.06. The number of fused-ring (bicyclic) bond motifs is 5. The fraction of sp³-hybridized carbons (Fsp3) is 1.00. The summed E-state index contributed by atoms with van der Waals surface area (Å²) in [7, 11) is 0. The van der Waals surface area contributed by atoms with E-state index in [-0.39, 0.29) is 5.54 Å². The summed E-state index contributed by atoms with van der Waals surface area (Å²) in [6.07, 6.45) is 20.0. The van der Waals surface area contributed by atoms with Crippen LogP contribution < -0.4 is 5.73 Å². The lowest BCUT2D eigenvalue weighted by Gasteiger charge is -2.65. The van der Waals surface area contributed by atoms with Crippen LogP contribution in [0.15, 0.2) is 0 Å². The van der Waals surface area contributed by atoms with Crippen LogP contribution in [0.1, 0.15) is 131 Å². The summed E-state index contributed by atoms with van der Waals surface area (Å²) in [5.74, 6) is 6.51. The molecule has 180 valence electrons. The highest BCUT2D eigenvalue weighted by Crippen LogP contribution is 2.69. The summed E-state index contributed by atoms with van der Waals surface area (Å²) in [4.78, 5) is 0. The molecule has 2 N–H and O–H groups in total. The summed E-state index contributed by atoms with van der Waals surface area (Å²) >= 11 is 0. The van der Waals surface area contributed by atoms with Crippen molar-refractivity contribution in [2.24, 2.45) is 58.0 Å². The SMILES string of the molecule is CCCC1CCC2(C)C3CCC4(C)C(C(C)CCCC(C)C)CCC4C3CCC2(N)C1. The average Bonchev–Trinajstić information content (AvgIpc) is 3.06. The minimum Gasteiger partial charge on any atom is -0.325 e. The van der Waals surface area contributed by atoms with Crippen LogP contribution in [-0.4, -0.2) is 5.54 Å². The average molecular weight is 430 g/mol. The maximum absolute atomic E-state index is 7.35. The molecule has 1 heteroatoms. The fourth-order valence-corrected chi connectivity index (χ4v) is 10.1. The minimum atomic E-state index is 0.127. The molecule has 4 fully saturated rings. The maximum Gasteiger partial charge on any atom is 0.0214 e. The van der Waals surface area contributed by atoms with Crippen molar-refractivity contribution in [1.29, 1.82) is 0 Å². The minimum absolute atomic E-state index is 0.127. The number of rotatable bonds is 7. The zero-order valence-electron chi connectivity index (χ0n) is 22.0. The molecule has 9 unspecified atom stereocenters. The van der Waals surface area contributed by atoms with Gasteiger partial charge in [0.2, 0.25) is 0 Å². The van der Waals surface area contributed by atoms with Crippen molar-refractivity contribution in [1.82, 2.24) is 0 Å². The molecule has 0 spiro atoms. The van der Waals surface area contributed by atoms with E-state index in [0.29, 0.717) is 10.8 Å². The Morgan fingerprint density at radius 2 is 1.65 bits per heavy atom. The molecule has 4 rings (SSSR count). The normalized spacial score (nSPS) is 48.2. The number of nitrogens with two attached hydrogens (primary N) is 1. The summed E-state index contributed by atoms with van der Waals surface area (Å²) in [5, 5.41) is 0. The molecule has 0 aromatic heterocycles. The van der Waals surface area contributed by atoms with E-state index in [9.17, 15) is 0 Å². The Bertz CT molecular complexity index is 612. The van der Waals surface area contributed by atoms with Crippen molar-refractivity contribution >= 4 is 0 Å². The molecule has 1 nitrogen and oxygen atoms in total. The molecule has 0 aromatic carbocycles. The fourth-order valence-electron chi connectivity index (χ4n) is 10.1. The van der Waals surface area contributed by atoms with Crippen molar-refractivity contribution in [3.05, 3.63) is 0 Å². The molecule has 4 aliphatic carbocycles. The molecule has 0 saturated heterocycles. The van der Waals surface area contributed by atoms with Gasteiger partial charge in [-0.25, -0.2) is 0 Å². The van der Waals surface area contributed by atoms with E-state index in [1.165, 1.54) is 89.9 Å². The van der Waals surface area contributed by atoms with E-state index in [2.05, 4.69) is 41.5 Å². The van der Waals surface area contributed by atoms with Crippen molar-refractivity contribution < 1.29 is 0 Å². The molecule has 0 radical (unpaired) electrons. The molecule has 0 heterocycles. The molecular formula is C30H55N. The highest BCUT2D eigenvalue weighted by atomic mass is 14.8. The summed E-state index contributed by atoms with van der Waals surface area (Å²) in [6, 6.07) is 0. The molecule has 0 amide bonds. The van der Waals surface area contributed by atoms with Crippen LogP contribution in [0.25, 0.3) is 0 Å². The zero-order chi connectivity index (χ0) is 22.4. The Morgan fingerprint density at radius 1 is 0.871 bits per heavy atom. The van der Waals surface area contributed by atoms with E-state index in [4.69, 9.17) is 5.73 Å². The van der Waals surface area contributed by atoms with Gasteiger partial charge in [-0.2, -0.15) is 0 Å². The Balaban J connectivity index is 1.47. The first-order valence-electron chi connectivity index (χ1n) is 14.4. The molecule has 0 bridgehead atoms. The standard InChI is InChI=1S/C30H55N/c1-7-9-23-14-18-29(6)27-16-17-28(5)25(22(4)11-8-10-21(2)3)12-13-26(28)24(27)15-19-30(29,31)20-23/h21-27H,7-20,31H2,1-6H3. The van der Waals surface area contributed by atoms with Gasteiger partial charge in [-0.3, -0.25) is 0 Å². The van der Waals surface area contributed by atoms with Gasteiger partial charge in [-0.05, 0) is 110 Å². The van der Waals surface area contributed by atoms with Crippen LogP contribution in [0.3, 0.4) is 0 Å². The topological polar surface area (TPSA) is 26.0 Å². The van der Waals surface area contributed by atoms with Crippen molar-refractivity contribution in [3.63, 3.8) is 0 Å². The zero-order valence-corrected chi connectivity index (χ0v) is 22.0. The van der Waals surface area contributed by atoms with Gasteiger partial charge in [0.15, 0.2) is 0 Å². The summed E-state index contributed by atoms with van der Waals surface area (Å²) in [5.41, 5.74) is 8.50. The first-order chi connectivity index (χ1) is 14.6. The van der Waals surface area contributed by atoms with Gasteiger partial charge in [0.1, 0.15) is 0 Å². The first-order valence-corrected chi connectivity index (χ1v) is 14.4. The molecular weight excluding hydrogens is 374 g/mol. The van der Waals surface area contributed by atoms with Gasteiger partial charge in [0.05, 0.1) is 0 Å². The number of hydrogen-bond acceptors (Lipinski definition) is 1. The van der Waals surface area contributed by atoms with E-state index >= 15 is 0 Å².